The number of hydrogen-bond acceptors (Lipinski definition) is 3. The summed E-state index contributed by atoms with van der Waals surface area (Å²) in [6.07, 6.45) is 2.81. The van der Waals surface area contributed by atoms with E-state index in [4.69, 9.17) is 5.73 Å². The molecule has 4 nitrogen and oxygen atoms in total. The van der Waals surface area contributed by atoms with E-state index in [-0.39, 0.29) is 11.7 Å². The molecule has 1 aromatic rings. The van der Waals surface area contributed by atoms with E-state index in [1.165, 1.54) is 17.7 Å². The zero-order valence-electron chi connectivity index (χ0n) is 9.51. The number of non-ortho nitro benzene ring substituents is 1. The van der Waals surface area contributed by atoms with Gasteiger partial charge in [0.05, 0.1) is 4.92 Å². The van der Waals surface area contributed by atoms with Gasteiger partial charge in [0, 0.05) is 18.2 Å². The Balaban J connectivity index is 2.74. The molecule has 1 aromatic carbocycles. The summed E-state index contributed by atoms with van der Waals surface area (Å²) in [5, 5.41) is 10.5. The van der Waals surface area contributed by atoms with Gasteiger partial charge >= 0.3 is 0 Å². The van der Waals surface area contributed by atoms with Crippen LogP contribution in [0.3, 0.4) is 0 Å². The summed E-state index contributed by atoms with van der Waals surface area (Å²) in [6, 6.07) is 6.29. The Bertz CT molecular complexity index is 392. The van der Waals surface area contributed by atoms with E-state index in [1.807, 2.05) is 13.8 Å². The van der Waals surface area contributed by atoms with Crippen LogP contribution in [0.15, 0.2) is 35.9 Å². The second-order valence-corrected chi connectivity index (χ2v) is 3.97. The van der Waals surface area contributed by atoms with Crippen LogP contribution in [0.1, 0.15) is 31.9 Å². The monoisotopic (exact) mass is 220 g/mol. The van der Waals surface area contributed by atoms with Gasteiger partial charge in [0.2, 0.25) is 0 Å². The van der Waals surface area contributed by atoms with Crippen molar-refractivity contribution in [2.45, 2.75) is 26.3 Å². The van der Waals surface area contributed by atoms with Crippen molar-refractivity contribution in [1.82, 2.24) is 0 Å². The number of rotatable bonds is 4. The van der Waals surface area contributed by atoms with Crippen LogP contribution in [-0.4, -0.2) is 4.92 Å². The molecular formula is C12H16N2O2. The molecular weight excluding hydrogens is 204 g/mol. The molecule has 86 valence electrons. The molecule has 0 saturated carbocycles. The summed E-state index contributed by atoms with van der Waals surface area (Å²) in [6.45, 7) is 4.03. The van der Waals surface area contributed by atoms with Crippen LogP contribution in [-0.2, 0) is 0 Å². The molecule has 0 spiro atoms. The van der Waals surface area contributed by atoms with E-state index in [0.717, 1.165) is 12.0 Å². The fraction of sp³-hybridized carbons (Fsp3) is 0.333. The Kier molecular flexibility index (Phi) is 4.19. The van der Waals surface area contributed by atoms with Crippen LogP contribution in [0.25, 0.3) is 0 Å². The van der Waals surface area contributed by atoms with Gasteiger partial charge < -0.3 is 5.73 Å². The summed E-state index contributed by atoms with van der Waals surface area (Å²) in [5.41, 5.74) is 8.19. The van der Waals surface area contributed by atoms with E-state index in [2.05, 4.69) is 6.08 Å². The van der Waals surface area contributed by atoms with Crippen LogP contribution in [0.2, 0.25) is 0 Å². The van der Waals surface area contributed by atoms with Crippen molar-refractivity contribution < 1.29 is 4.92 Å². The zero-order chi connectivity index (χ0) is 12.1. The second-order valence-electron chi connectivity index (χ2n) is 3.97. The third kappa shape index (κ3) is 3.47. The molecule has 1 rings (SSSR count). The minimum Gasteiger partial charge on any atom is -0.324 e. The third-order valence-electron chi connectivity index (χ3n) is 2.31. The largest absolute Gasteiger partial charge is 0.324 e. The van der Waals surface area contributed by atoms with Gasteiger partial charge in [0.15, 0.2) is 0 Å². The molecule has 0 fully saturated rings. The number of nitrogens with zero attached hydrogens (tertiary/aromatic N) is 1. The maximum absolute atomic E-state index is 10.5. The minimum atomic E-state index is -0.411. The Morgan fingerprint density at radius 1 is 1.44 bits per heavy atom. The summed E-state index contributed by atoms with van der Waals surface area (Å²) in [5.74, 6) is 0. The highest BCUT2D eigenvalue weighted by Crippen LogP contribution is 2.19. The summed E-state index contributed by atoms with van der Waals surface area (Å²) in [4.78, 5) is 10.1. The Hall–Kier alpha value is -1.68. The molecule has 0 bridgehead atoms. The number of benzene rings is 1. The highest BCUT2D eigenvalue weighted by atomic mass is 16.6. The molecule has 2 N–H and O–H groups in total. The number of nitro groups is 1. The highest BCUT2D eigenvalue weighted by molar-refractivity contribution is 5.34. The second kappa shape index (κ2) is 5.42. The number of nitro benzene ring substituents is 1. The van der Waals surface area contributed by atoms with Gasteiger partial charge in [-0.3, -0.25) is 10.1 Å². The van der Waals surface area contributed by atoms with E-state index >= 15 is 0 Å². The quantitative estimate of drug-likeness (QED) is 0.482. The maximum Gasteiger partial charge on any atom is 0.269 e. The molecule has 0 aliphatic carbocycles. The van der Waals surface area contributed by atoms with Gasteiger partial charge in [0.1, 0.15) is 0 Å². The zero-order valence-corrected chi connectivity index (χ0v) is 9.51. The first-order valence-electron chi connectivity index (χ1n) is 5.14. The molecule has 0 aliphatic heterocycles. The number of hydrogen-bond donors (Lipinski definition) is 1. The molecule has 0 aliphatic rings. The van der Waals surface area contributed by atoms with E-state index in [1.54, 1.807) is 12.1 Å². The fourth-order valence-electron chi connectivity index (χ4n) is 1.34. The third-order valence-corrected chi connectivity index (χ3v) is 2.31. The molecule has 0 heterocycles. The SMILES string of the molecule is CC(C)=CC[C@H](N)c1ccc([N+](=O)[O-])cc1. The predicted molar refractivity (Wildman–Crippen MR) is 64.1 cm³/mol. The van der Waals surface area contributed by atoms with Gasteiger partial charge in [-0.2, -0.15) is 0 Å². The Morgan fingerprint density at radius 3 is 2.44 bits per heavy atom. The molecule has 0 radical (unpaired) electrons. The maximum atomic E-state index is 10.5. The smallest absolute Gasteiger partial charge is 0.269 e. The molecule has 0 saturated heterocycles. The van der Waals surface area contributed by atoms with Crippen LogP contribution < -0.4 is 5.73 Å². The van der Waals surface area contributed by atoms with Crippen molar-refractivity contribution in [3.8, 4) is 0 Å². The van der Waals surface area contributed by atoms with Gasteiger partial charge in [-0.25, -0.2) is 0 Å². The van der Waals surface area contributed by atoms with Gasteiger partial charge in [-0.15, -0.1) is 0 Å². The molecule has 0 amide bonds. The molecule has 0 unspecified atom stereocenters. The lowest BCUT2D eigenvalue weighted by Gasteiger charge is -2.09. The summed E-state index contributed by atoms with van der Waals surface area (Å²) in [7, 11) is 0. The fourth-order valence-corrected chi connectivity index (χ4v) is 1.34. The van der Waals surface area contributed by atoms with Crippen molar-refractivity contribution in [3.05, 3.63) is 51.6 Å². The normalized spacial score (nSPS) is 11.9. The lowest BCUT2D eigenvalue weighted by molar-refractivity contribution is -0.384. The molecule has 0 aromatic heterocycles. The Labute approximate surface area is 94.9 Å². The summed E-state index contributed by atoms with van der Waals surface area (Å²) < 4.78 is 0. The predicted octanol–water partition coefficient (Wildman–Crippen LogP) is 2.95. The molecule has 16 heavy (non-hydrogen) atoms. The van der Waals surface area contributed by atoms with Gasteiger partial charge in [0.25, 0.3) is 5.69 Å². The Morgan fingerprint density at radius 2 is 2.00 bits per heavy atom. The number of allylic oxidation sites excluding steroid dienone is 1. The van der Waals surface area contributed by atoms with Crippen LogP contribution in [0, 0.1) is 10.1 Å². The van der Waals surface area contributed by atoms with E-state index in [0.29, 0.717) is 0 Å². The van der Waals surface area contributed by atoms with E-state index < -0.39 is 4.92 Å². The van der Waals surface area contributed by atoms with Crippen molar-refractivity contribution in [3.63, 3.8) is 0 Å². The lowest BCUT2D eigenvalue weighted by Crippen LogP contribution is -2.09. The van der Waals surface area contributed by atoms with E-state index in [9.17, 15) is 10.1 Å². The average Bonchev–Trinajstić information content (AvgIpc) is 2.26. The molecule has 1 atom stereocenters. The van der Waals surface area contributed by atoms with Crippen molar-refractivity contribution in [1.29, 1.82) is 0 Å². The van der Waals surface area contributed by atoms with Crippen molar-refractivity contribution >= 4 is 5.69 Å². The average molecular weight is 220 g/mol. The standard InChI is InChI=1S/C12H16N2O2/c1-9(2)3-8-12(13)10-4-6-11(7-5-10)14(15)16/h3-7,12H,8,13H2,1-2H3/t12-/m0/s1. The minimum absolute atomic E-state index is 0.0955. The van der Waals surface area contributed by atoms with Crippen molar-refractivity contribution in [2.75, 3.05) is 0 Å². The first kappa shape index (κ1) is 12.4. The molecule has 4 heteroatoms. The summed E-state index contributed by atoms with van der Waals surface area (Å²) >= 11 is 0. The first-order chi connectivity index (χ1) is 7.50. The van der Waals surface area contributed by atoms with Gasteiger partial charge in [-0.1, -0.05) is 23.8 Å². The first-order valence-corrected chi connectivity index (χ1v) is 5.14. The van der Waals surface area contributed by atoms with Gasteiger partial charge in [-0.05, 0) is 25.8 Å². The van der Waals surface area contributed by atoms with Crippen LogP contribution >= 0.6 is 0 Å². The topological polar surface area (TPSA) is 69.2 Å². The van der Waals surface area contributed by atoms with Crippen LogP contribution in [0.5, 0.6) is 0 Å². The highest BCUT2D eigenvalue weighted by Gasteiger charge is 2.08. The van der Waals surface area contributed by atoms with Crippen molar-refractivity contribution in [2.24, 2.45) is 5.73 Å². The van der Waals surface area contributed by atoms with Crippen LogP contribution in [0.4, 0.5) is 5.69 Å². The number of nitrogens with two attached hydrogens (primary N) is 1. The lowest BCUT2D eigenvalue weighted by atomic mass is 10.0.